The molecule has 0 aliphatic carbocycles. The number of aliphatic hydroxyl groups is 1. The topological polar surface area (TPSA) is 123 Å². The summed E-state index contributed by atoms with van der Waals surface area (Å²) in [4.78, 5) is 27.1. The van der Waals surface area contributed by atoms with E-state index in [-0.39, 0.29) is 6.61 Å². The normalized spacial score (nSPS) is 17.8. The van der Waals surface area contributed by atoms with Gasteiger partial charge in [-0.1, -0.05) is 18.2 Å². The minimum atomic E-state index is -0.833. The number of carboxylic acid groups (broad SMARTS) is 2. The average Bonchev–Trinajstić information content (AvgIpc) is 3.00. The molecule has 0 amide bonds. The number of carbonyl (C=O) groups is 2. The van der Waals surface area contributed by atoms with E-state index in [1.807, 2.05) is 30.3 Å². The van der Waals surface area contributed by atoms with E-state index in [1.165, 1.54) is 5.56 Å². The number of pyridine rings is 1. The standard InChI is InChI=1S/C22H31N3O2.2C2H4O2/c1-24(2)21-10-9-19(16-26)14-25(15-21)13-18-6-5-8-22(12-18)27-17-20-7-3-4-11-23-20;2*1-2(3)4/h3-8,11-12,19,21,26H,9-10,13-17H2,1-2H3;2*1H3,(H,3,4)/t19-,21+;;/m0../s1. The maximum absolute atomic E-state index is 9.68. The number of likely N-dealkylation sites (N-methyl/N-ethyl adjacent to an activating group) is 1. The Morgan fingerprint density at radius 1 is 1.06 bits per heavy atom. The van der Waals surface area contributed by atoms with Crippen LogP contribution in [0.3, 0.4) is 0 Å². The van der Waals surface area contributed by atoms with Crippen LogP contribution in [0.5, 0.6) is 5.75 Å². The highest BCUT2D eigenvalue weighted by atomic mass is 16.5. The van der Waals surface area contributed by atoms with Gasteiger partial charge in [-0.25, -0.2) is 0 Å². The minimum Gasteiger partial charge on any atom is -0.487 e. The summed E-state index contributed by atoms with van der Waals surface area (Å²) in [7, 11) is 4.29. The van der Waals surface area contributed by atoms with Gasteiger partial charge in [-0.2, -0.15) is 0 Å². The molecule has 0 radical (unpaired) electrons. The summed E-state index contributed by atoms with van der Waals surface area (Å²) in [6.07, 6.45) is 4.01. The van der Waals surface area contributed by atoms with Gasteiger partial charge in [-0.3, -0.25) is 19.5 Å². The van der Waals surface area contributed by atoms with Crippen LogP contribution in [0.25, 0.3) is 0 Å². The Morgan fingerprint density at radius 2 is 1.74 bits per heavy atom. The number of benzene rings is 1. The van der Waals surface area contributed by atoms with Gasteiger partial charge in [0.2, 0.25) is 0 Å². The molecule has 0 saturated carbocycles. The molecule has 194 valence electrons. The number of rotatable bonds is 7. The van der Waals surface area contributed by atoms with Gasteiger partial charge < -0.3 is 25.0 Å². The maximum atomic E-state index is 9.68. The number of aliphatic carboxylic acids is 2. The number of likely N-dealkylation sites (tertiary alicyclic amines) is 1. The van der Waals surface area contributed by atoms with Crippen molar-refractivity contribution in [3.8, 4) is 5.75 Å². The molecular weight excluding hydrogens is 450 g/mol. The molecule has 0 unspecified atom stereocenters. The van der Waals surface area contributed by atoms with Crippen LogP contribution in [0.4, 0.5) is 0 Å². The number of aromatic nitrogens is 1. The van der Waals surface area contributed by atoms with Crippen LogP contribution in [0, 0.1) is 5.92 Å². The van der Waals surface area contributed by atoms with Crippen LogP contribution >= 0.6 is 0 Å². The van der Waals surface area contributed by atoms with E-state index in [4.69, 9.17) is 24.5 Å². The smallest absolute Gasteiger partial charge is 0.300 e. The average molecular weight is 490 g/mol. The molecule has 1 saturated heterocycles. The summed E-state index contributed by atoms with van der Waals surface area (Å²) in [6, 6.07) is 14.7. The Hall–Kier alpha value is -3.01. The number of hydrogen-bond donors (Lipinski definition) is 3. The molecule has 2 aromatic rings. The first-order valence-corrected chi connectivity index (χ1v) is 11.6. The van der Waals surface area contributed by atoms with Crippen molar-refractivity contribution in [2.24, 2.45) is 5.92 Å². The Morgan fingerprint density at radius 3 is 2.31 bits per heavy atom. The van der Waals surface area contributed by atoms with E-state index in [9.17, 15) is 5.11 Å². The lowest BCUT2D eigenvalue weighted by Gasteiger charge is -2.29. The van der Waals surface area contributed by atoms with Crippen LogP contribution in [0.2, 0.25) is 0 Å². The second-order valence-electron chi connectivity index (χ2n) is 8.73. The molecule has 9 heteroatoms. The molecular formula is C26H39N3O6. The van der Waals surface area contributed by atoms with Gasteiger partial charge in [-0.05, 0) is 62.7 Å². The zero-order chi connectivity index (χ0) is 26.2. The number of carboxylic acids is 2. The van der Waals surface area contributed by atoms with Crippen LogP contribution < -0.4 is 4.74 Å². The summed E-state index contributed by atoms with van der Waals surface area (Å²) in [5.74, 6) is -0.436. The van der Waals surface area contributed by atoms with E-state index in [1.54, 1.807) is 6.20 Å². The van der Waals surface area contributed by atoms with Gasteiger partial charge in [0.15, 0.2) is 0 Å². The summed E-state index contributed by atoms with van der Waals surface area (Å²) >= 11 is 0. The van der Waals surface area contributed by atoms with Crippen molar-refractivity contribution in [2.75, 3.05) is 33.8 Å². The van der Waals surface area contributed by atoms with Crippen molar-refractivity contribution in [3.63, 3.8) is 0 Å². The first kappa shape index (κ1) is 30.0. The predicted molar refractivity (Wildman–Crippen MR) is 134 cm³/mol. The molecule has 35 heavy (non-hydrogen) atoms. The van der Waals surface area contributed by atoms with Crippen molar-refractivity contribution >= 4 is 11.9 Å². The second kappa shape index (κ2) is 16.6. The summed E-state index contributed by atoms with van der Waals surface area (Å²) in [5.41, 5.74) is 2.17. The quantitative estimate of drug-likeness (QED) is 0.538. The molecule has 1 aliphatic heterocycles. The van der Waals surface area contributed by atoms with E-state index >= 15 is 0 Å². The van der Waals surface area contributed by atoms with Crippen molar-refractivity contribution in [3.05, 3.63) is 59.9 Å². The summed E-state index contributed by atoms with van der Waals surface area (Å²) in [6.45, 7) is 5.76. The van der Waals surface area contributed by atoms with Gasteiger partial charge in [0, 0.05) is 52.3 Å². The van der Waals surface area contributed by atoms with E-state index in [0.717, 1.165) is 57.8 Å². The molecule has 9 nitrogen and oxygen atoms in total. The Balaban J connectivity index is 0.000000668. The van der Waals surface area contributed by atoms with Crippen molar-refractivity contribution in [1.82, 2.24) is 14.8 Å². The van der Waals surface area contributed by atoms with Crippen LogP contribution in [-0.4, -0.2) is 81.9 Å². The number of aliphatic hydroxyl groups excluding tert-OH is 1. The molecule has 0 bridgehead atoms. The lowest BCUT2D eigenvalue weighted by molar-refractivity contribution is -0.135. The fourth-order valence-corrected chi connectivity index (χ4v) is 3.68. The summed E-state index contributed by atoms with van der Waals surface area (Å²) < 4.78 is 5.92. The molecule has 1 aromatic heterocycles. The Kier molecular flexibility index (Phi) is 14.2. The zero-order valence-corrected chi connectivity index (χ0v) is 21.1. The second-order valence-corrected chi connectivity index (χ2v) is 8.73. The molecule has 1 fully saturated rings. The predicted octanol–water partition coefficient (Wildman–Crippen LogP) is 2.98. The lowest BCUT2D eigenvalue weighted by Crippen LogP contribution is -2.39. The van der Waals surface area contributed by atoms with Crippen LogP contribution in [0.1, 0.15) is 37.9 Å². The number of hydrogen-bond acceptors (Lipinski definition) is 7. The molecule has 0 spiro atoms. The van der Waals surface area contributed by atoms with E-state index in [0.29, 0.717) is 18.6 Å². The fraction of sp³-hybridized carbons (Fsp3) is 0.500. The number of nitrogens with zero attached hydrogens (tertiary/aromatic N) is 3. The van der Waals surface area contributed by atoms with Crippen LogP contribution in [-0.2, 0) is 22.7 Å². The maximum Gasteiger partial charge on any atom is 0.300 e. The van der Waals surface area contributed by atoms with Gasteiger partial charge in [0.1, 0.15) is 12.4 Å². The SMILES string of the molecule is CC(=O)O.CC(=O)O.CN(C)[C@@H]1CC[C@H](CO)CN(Cc2cccc(OCc3ccccn3)c2)C1. The van der Waals surface area contributed by atoms with Crippen molar-refractivity contribution in [1.29, 1.82) is 0 Å². The highest BCUT2D eigenvalue weighted by Gasteiger charge is 2.25. The molecule has 3 N–H and O–H groups in total. The zero-order valence-electron chi connectivity index (χ0n) is 21.1. The molecule has 1 aromatic carbocycles. The fourth-order valence-electron chi connectivity index (χ4n) is 3.68. The first-order valence-electron chi connectivity index (χ1n) is 11.6. The Labute approximate surface area is 208 Å². The van der Waals surface area contributed by atoms with Crippen molar-refractivity contribution < 1.29 is 29.6 Å². The van der Waals surface area contributed by atoms with Gasteiger partial charge in [0.05, 0.1) is 5.69 Å². The molecule has 1 aliphatic rings. The third-order valence-corrected chi connectivity index (χ3v) is 5.30. The Bertz CT molecular complexity index is 858. The number of ether oxygens (including phenoxy) is 1. The molecule has 3 rings (SSSR count). The van der Waals surface area contributed by atoms with Crippen molar-refractivity contribution in [2.45, 2.75) is 45.9 Å². The third-order valence-electron chi connectivity index (χ3n) is 5.30. The van der Waals surface area contributed by atoms with E-state index in [2.05, 4.69) is 41.0 Å². The van der Waals surface area contributed by atoms with Gasteiger partial charge in [0.25, 0.3) is 11.9 Å². The largest absolute Gasteiger partial charge is 0.487 e. The minimum absolute atomic E-state index is 0.268. The third kappa shape index (κ3) is 14.1. The molecule has 2 atom stereocenters. The van der Waals surface area contributed by atoms with Gasteiger partial charge >= 0.3 is 0 Å². The molecule has 2 heterocycles. The van der Waals surface area contributed by atoms with Gasteiger partial charge in [-0.15, -0.1) is 0 Å². The summed E-state index contributed by atoms with van der Waals surface area (Å²) in [5, 5.41) is 24.5. The monoisotopic (exact) mass is 489 g/mol. The van der Waals surface area contributed by atoms with E-state index < -0.39 is 11.9 Å². The highest BCUT2D eigenvalue weighted by Crippen LogP contribution is 2.22. The highest BCUT2D eigenvalue weighted by molar-refractivity contribution is 5.63. The first-order chi connectivity index (χ1) is 16.6. The van der Waals surface area contributed by atoms with Crippen LogP contribution in [0.15, 0.2) is 48.7 Å². The lowest BCUT2D eigenvalue weighted by atomic mass is 10.0.